The van der Waals surface area contributed by atoms with E-state index in [0.717, 1.165) is 24.8 Å². The largest absolute Gasteiger partial charge is 0.334 e. The van der Waals surface area contributed by atoms with Gasteiger partial charge in [0.05, 0.1) is 5.54 Å². The molecule has 3 aromatic rings. The van der Waals surface area contributed by atoms with Gasteiger partial charge in [-0.25, -0.2) is 4.98 Å². The van der Waals surface area contributed by atoms with E-state index in [4.69, 9.17) is 10.3 Å². The predicted octanol–water partition coefficient (Wildman–Crippen LogP) is 1.81. The molecule has 3 heterocycles. The smallest absolute Gasteiger partial charge is 0.270 e. The molecule has 0 saturated heterocycles. The van der Waals surface area contributed by atoms with Gasteiger partial charge >= 0.3 is 0 Å². The Labute approximate surface area is 137 Å². The lowest BCUT2D eigenvalue weighted by atomic mass is 9.77. The van der Waals surface area contributed by atoms with Gasteiger partial charge in [-0.2, -0.15) is 4.98 Å². The lowest BCUT2D eigenvalue weighted by Gasteiger charge is -2.34. The first-order valence-electron chi connectivity index (χ1n) is 7.18. The summed E-state index contributed by atoms with van der Waals surface area (Å²) in [6, 6.07) is 3.69. The highest BCUT2D eigenvalue weighted by molar-refractivity contribution is 5.85. The van der Waals surface area contributed by atoms with Crippen molar-refractivity contribution >= 4 is 18.1 Å². The molecule has 0 aliphatic heterocycles. The van der Waals surface area contributed by atoms with E-state index >= 15 is 0 Å². The highest BCUT2D eigenvalue weighted by atomic mass is 35.5. The summed E-state index contributed by atoms with van der Waals surface area (Å²) in [5.74, 6) is 0.626. The van der Waals surface area contributed by atoms with Gasteiger partial charge in [0.15, 0.2) is 5.82 Å². The first-order valence-corrected chi connectivity index (χ1v) is 7.18. The van der Waals surface area contributed by atoms with Gasteiger partial charge in [0, 0.05) is 12.4 Å². The number of hydrogen-bond acceptors (Lipinski definition) is 6. The van der Waals surface area contributed by atoms with Crippen LogP contribution in [0.3, 0.4) is 0 Å². The number of halogens is 1. The molecule has 0 spiro atoms. The molecule has 0 radical (unpaired) electrons. The minimum Gasteiger partial charge on any atom is -0.334 e. The Bertz CT molecular complexity index is 929. The van der Waals surface area contributed by atoms with Crippen LogP contribution in [0.15, 0.2) is 33.8 Å². The van der Waals surface area contributed by atoms with Crippen LogP contribution in [0.4, 0.5) is 0 Å². The third-order valence-corrected chi connectivity index (χ3v) is 4.21. The molecule has 0 amide bonds. The van der Waals surface area contributed by atoms with E-state index in [1.165, 1.54) is 10.6 Å². The van der Waals surface area contributed by atoms with E-state index in [0.29, 0.717) is 11.5 Å². The van der Waals surface area contributed by atoms with Crippen molar-refractivity contribution in [3.8, 4) is 11.5 Å². The van der Waals surface area contributed by atoms with Gasteiger partial charge in [-0.15, -0.1) is 12.4 Å². The molecule has 8 heteroatoms. The number of hydrogen-bond donors (Lipinski definition) is 1. The molecule has 1 aliphatic carbocycles. The summed E-state index contributed by atoms with van der Waals surface area (Å²) < 4.78 is 6.70. The molecule has 1 aliphatic rings. The molecule has 3 aromatic heterocycles. The van der Waals surface area contributed by atoms with Gasteiger partial charge in [0.25, 0.3) is 11.4 Å². The molecule has 1 fully saturated rings. The normalized spacial score (nSPS) is 15.9. The lowest BCUT2D eigenvalue weighted by Crippen LogP contribution is -2.44. The van der Waals surface area contributed by atoms with Crippen LogP contribution >= 0.6 is 12.4 Å². The number of nitrogens with two attached hydrogens (primary N) is 1. The fourth-order valence-electron chi connectivity index (χ4n) is 2.64. The van der Waals surface area contributed by atoms with E-state index in [1.807, 2.05) is 19.1 Å². The van der Waals surface area contributed by atoms with Crippen LogP contribution < -0.4 is 11.3 Å². The summed E-state index contributed by atoms with van der Waals surface area (Å²) in [4.78, 5) is 21.1. The van der Waals surface area contributed by atoms with Crippen molar-refractivity contribution in [1.29, 1.82) is 0 Å². The Kier molecular flexibility index (Phi) is 3.69. The van der Waals surface area contributed by atoms with Crippen LogP contribution in [-0.4, -0.2) is 19.5 Å². The Morgan fingerprint density at radius 3 is 2.87 bits per heavy atom. The van der Waals surface area contributed by atoms with Crippen LogP contribution in [0.5, 0.6) is 0 Å². The van der Waals surface area contributed by atoms with Gasteiger partial charge < -0.3 is 10.3 Å². The van der Waals surface area contributed by atoms with Gasteiger partial charge in [-0.1, -0.05) is 5.16 Å². The van der Waals surface area contributed by atoms with Crippen molar-refractivity contribution in [2.75, 3.05) is 0 Å². The first-order chi connectivity index (χ1) is 10.6. The summed E-state index contributed by atoms with van der Waals surface area (Å²) in [5.41, 5.74) is 7.33. The van der Waals surface area contributed by atoms with E-state index < -0.39 is 5.54 Å². The molecule has 0 aromatic carbocycles. The van der Waals surface area contributed by atoms with E-state index in [9.17, 15) is 4.79 Å². The zero-order valence-corrected chi connectivity index (χ0v) is 13.3. The van der Waals surface area contributed by atoms with E-state index in [1.54, 1.807) is 6.20 Å². The first kappa shape index (κ1) is 15.6. The van der Waals surface area contributed by atoms with E-state index in [-0.39, 0.29) is 29.4 Å². The number of pyridine rings is 1. The van der Waals surface area contributed by atoms with Crippen molar-refractivity contribution < 1.29 is 4.52 Å². The lowest BCUT2D eigenvalue weighted by molar-refractivity contribution is 0.229. The second-order valence-corrected chi connectivity index (χ2v) is 5.84. The minimum atomic E-state index is -0.515. The molecular formula is C15H16ClN5O2. The summed E-state index contributed by atoms with van der Waals surface area (Å²) >= 11 is 0. The zero-order chi connectivity index (χ0) is 15.3. The molecule has 4 rings (SSSR count). The number of nitrogens with zero attached hydrogens (tertiary/aromatic N) is 4. The number of aryl methyl sites for hydroxylation is 1. The SMILES string of the molecule is Cc1ccn2c(=O)c(-c3nc(C4(N)CCC4)no3)cnc2c1.Cl. The Hall–Kier alpha value is -2.25. The highest BCUT2D eigenvalue weighted by Crippen LogP contribution is 2.37. The van der Waals surface area contributed by atoms with Crippen molar-refractivity contribution in [3.05, 3.63) is 46.3 Å². The average molecular weight is 334 g/mol. The van der Waals surface area contributed by atoms with Gasteiger partial charge in [0.1, 0.15) is 11.2 Å². The summed E-state index contributed by atoms with van der Waals surface area (Å²) in [6.07, 6.45) is 5.88. The minimum absolute atomic E-state index is 0. The zero-order valence-electron chi connectivity index (χ0n) is 12.5. The molecule has 23 heavy (non-hydrogen) atoms. The molecule has 2 N–H and O–H groups in total. The third-order valence-electron chi connectivity index (χ3n) is 4.21. The van der Waals surface area contributed by atoms with Crippen molar-refractivity contribution in [1.82, 2.24) is 19.5 Å². The standard InChI is InChI=1S/C15H15N5O2.ClH/c1-9-3-6-20-11(7-9)17-8-10(13(20)21)12-18-14(19-22-12)15(16)4-2-5-15;/h3,6-8H,2,4-5,16H2,1H3;1H. The van der Waals surface area contributed by atoms with Crippen LogP contribution in [0.25, 0.3) is 17.1 Å². The summed E-state index contributed by atoms with van der Waals surface area (Å²) in [7, 11) is 0. The molecule has 0 atom stereocenters. The summed E-state index contributed by atoms with van der Waals surface area (Å²) in [6.45, 7) is 1.95. The van der Waals surface area contributed by atoms with Crippen LogP contribution in [0.1, 0.15) is 30.7 Å². The fourth-order valence-corrected chi connectivity index (χ4v) is 2.64. The molecule has 7 nitrogen and oxygen atoms in total. The second kappa shape index (κ2) is 5.43. The Balaban J connectivity index is 0.00000156. The molecule has 120 valence electrons. The van der Waals surface area contributed by atoms with Gasteiger partial charge in [0.2, 0.25) is 0 Å². The quantitative estimate of drug-likeness (QED) is 0.767. The van der Waals surface area contributed by atoms with Crippen LogP contribution in [0.2, 0.25) is 0 Å². The summed E-state index contributed by atoms with van der Waals surface area (Å²) in [5, 5.41) is 3.93. The fraction of sp³-hybridized carbons (Fsp3) is 0.333. The van der Waals surface area contributed by atoms with Crippen LogP contribution in [0, 0.1) is 6.92 Å². The second-order valence-electron chi connectivity index (χ2n) is 5.84. The molecule has 1 saturated carbocycles. The maximum atomic E-state index is 12.5. The van der Waals surface area contributed by atoms with Crippen LogP contribution in [-0.2, 0) is 5.54 Å². The van der Waals surface area contributed by atoms with Gasteiger partial charge in [-0.3, -0.25) is 9.20 Å². The van der Waals surface area contributed by atoms with Crippen molar-refractivity contribution in [2.45, 2.75) is 31.7 Å². The Morgan fingerprint density at radius 1 is 1.39 bits per heavy atom. The van der Waals surface area contributed by atoms with Gasteiger partial charge in [-0.05, 0) is 43.9 Å². The highest BCUT2D eigenvalue weighted by Gasteiger charge is 2.39. The molecular weight excluding hydrogens is 318 g/mol. The Morgan fingerprint density at radius 2 is 2.17 bits per heavy atom. The number of rotatable bonds is 2. The maximum absolute atomic E-state index is 12.5. The molecule has 0 bridgehead atoms. The topological polar surface area (TPSA) is 99.3 Å². The monoisotopic (exact) mass is 333 g/mol. The predicted molar refractivity (Wildman–Crippen MR) is 86.5 cm³/mol. The van der Waals surface area contributed by atoms with Crippen molar-refractivity contribution in [3.63, 3.8) is 0 Å². The maximum Gasteiger partial charge on any atom is 0.270 e. The number of aromatic nitrogens is 4. The van der Waals surface area contributed by atoms with Crippen molar-refractivity contribution in [2.24, 2.45) is 5.73 Å². The van der Waals surface area contributed by atoms with E-state index in [2.05, 4.69) is 15.1 Å². The number of fused-ring (bicyclic) bond motifs is 1. The third kappa shape index (κ3) is 2.42. The average Bonchev–Trinajstić information content (AvgIpc) is 2.95. The molecule has 0 unspecified atom stereocenters.